The maximum absolute atomic E-state index is 13.9. The first-order valence-electron chi connectivity index (χ1n) is 9.14. The number of ether oxygens (including phenoxy) is 1. The second-order valence-electron chi connectivity index (χ2n) is 7.01. The lowest BCUT2D eigenvalue weighted by Gasteiger charge is -2.33. The van der Waals surface area contributed by atoms with Crippen LogP contribution in [0.3, 0.4) is 0 Å². The van der Waals surface area contributed by atoms with Crippen molar-refractivity contribution in [1.29, 1.82) is 0 Å². The number of hydrogen-bond donors (Lipinski definition) is 3. The highest BCUT2D eigenvalue weighted by Gasteiger charge is 2.33. The molecule has 0 spiro atoms. The van der Waals surface area contributed by atoms with Crippen LogP contribution in [-0.4, -0.2) is 89.5 Å². The largest absolute Gasteiger partial charge is 0.382 e. The van der Waals surface area contributed by atoms with Crippen LogP contribution in [-0.2, 0) is 14.8 Å². The van der Waals surface area contributed by atoms with Crippen LogP contribution in [0, 0.1) is 5.82 Å². The smallest absolute Gasteiger partial charge is 0.246 e. The summed E-state index contributed by atoms with van der Waals surface area (Å²) in [5.74, 6) is -0.716. The Labute approximate surface area is 154 Å². The van der Waals surface area contributed by atoms with Crippen molar-refractivity contribution in [2.24, 2.45) is 0 Å². The summed E-state index contributed by atoms with van der Waals surface area (Å²) in [5, 5.41) is 10.3. The molecule has 0 bridgehead atoms. The van der Waals surface area contributed by atoms with Gasteiger partial charge in [0.1, 0.15) is 36.9 Å². The van der Waals surface area contributed by atoms with E-state index in [1.807, 2.05) is 0 Å². The summed E-state index contributed by atoms with van der Waals surface area (Å²) in [6, 6.07) is 5.48. The quantitative estimate of drug-likeness (QED) is 0.485. The Morgan fingerprint density at radius 2 is 1.65 bits per heavy atom. The van der Waals surface area contributed by atoms with E-state index in [4.69, 9.17) is 4.74 Å². The minimum absolute atomic E-state index is 0.264. The molecule has 3 rings (SSSR count). The number of aliphatic hydroxyl groups excluding tert-OH is 1. The molecule has 0 radical (unpaired) electrons. The number of hydrogen-bond acceptors (Lipinski definition) is 4. The molecule has 2 heterocycles. The number of aliphatic hydroxyl groups is 1. The van der Waals surface area contributed by atoms with Crippen molar-refractivity contribution in [2.75, 3.05) is 65.6 Å². The van der Waals surface area contributed by atoms with Crippen molar-refractivity contribution >= 4 is 10.0 Å². The Kier molecular flexibility index (Phi) is 6.60. The second-order valence-corrected chi connectivity index (χ2v) is 8.92. The van der Waals surface area contributed by atoms with Gasteiger partial charge in [-0.15, -0.1) is 0 Å². The third-order valence-electron chi connectivity index (χ3n) is 5.13. The fourth-order valence-electron chi connectivity index (χ4n) is 3.64. The van der Waals surface area contributed by atoms with Crippen LogP contribution >= 0.6 is 0 Å². The van der Waals surface area contributed by atoms with E-state index in [0.29, 0.717) is 39.3 Å². The fraction of sp³-hybridized carbons (Fsp3) is 0.647. The van der Waals surface area contributed by atoms with Gasteiger partial charge in [0, 0.05) is 0 Å². The lowest BCUT2D eigenvalue weighted by atomic mass is 10.2. The summed E-state index contributed by atoms with van der Waals surface area (Å²) in [6.45, 7) is 6.52. The summed E-state index contributed by atoms with van der Waals surface area (Å²) in [6.07, 6.45) is -0.409. The molecule has 0 amide bonds. The van der Waals surface area contributed by atoms with E-state index in [-0.39, 0.29) is 4.90 Å². The van der Waals surface area contributed by atoms with Crippen LogP contribution in [0.1, 0.15) is 0 Å². The van der Waals surface area contributed by atoms with E-state index in [2.05, 4.69) is 0 Å². The van der Waals surface area contributed by atoms with Crippen molar-refractivity contribution in [3.05, 3.63) is 30.1 Å². The van der Waals surface area contributed by atoms with Crippen LogP contribution in [0.15, 0.2) is 29.2 Å². The van der Waals surface area contributed by atoms with E-state index in [1.165, 1.54) is 38.4 Å². The normalized spacial score (nSPS) is 22.4. The van der Waals surface area contributed by atoms with Gasteiger partial charge in [0.2, 0.25) is 10.0 Å². The third kappa shape index (κ3) is 4.79. The van der Waals surface area contributed by atoms with Crippen molar-refractivity contribution in [1.82, 2.24) is 4.31 Å². The molecule has 1 atom stereocenters. The van der Waals surface area contributed by atoms with Gasteiger partial charge in [-0.2, -0.15) is 4.31 Å². The SMILES string of the molecule is O=S(=O)(c1ccccc1F)N1CC[NH+](C[C@H](O)C[NH+]2CCOCC2)CC1. The van der Waals surface area contributed by atoms with Gasteiger partial charge in [-0.1, -0.05) is 12.1 Å². The molecule has 2 aliphatic rings. The van der Waals surface area contributed by atoms with E-state index >= 15 is 0 Å². The Hall–Kier alpha value is -1.10. The highest BCUT2D eigenvalue weighted by molar-refractivity contribution is 7.89. The third-order valence-corrected chi connectivity index (χ3v) is 7.06. The van der Waals surface area contributed by atoms with Gasteiger partial charge >= 0.3 is 0 Å². The number of sulfonamides is 1. The van der Waals surface area contributed by atoms with Gasteiger partial charge in [0.15, 0.2) is 6.10 Å². The summed E-state index contributed by atoms with van der Waals surface area (Å²) < 4.78 is 45.7. The maximum atomic E-state index is 13.9. The minimum Gasteiger partial charge on any atom is -0.382 e. The minimum atomic E-state index is -3.80. The Morgan fingerprint density at radius 3 is 2.27 bits per heavy atom. The summed E-state index contributed by atoms with van der Waals surface area (Å²) in [5.41, 5.74) is 0. The lowest BCUT2D eigenvalue weighted by Crippen LogP contribution is -3.19. The summed E-state index contributed by atoms with van der Waals surface area (Å²) >= 11 is 0. The lowest BCUT2D eigenvalue weighted by molar-refractivity contribution is -0.930. The molecule has 2 saturated heterocycles. The Balaban J connectivity index is 1.50. The van der Waals surface area contributed by atoms with E-state index in [9.17, 15) is 17.9 Å². The average Bonchev–Trinajstić information content (AvgIpc) is 2.63. The number of piperazine rings is 1. The first-order chi connectivity index (χ1) is 12.5. The van der Waals surface area contributed by atoms with Gasteiger partial charge in [-0.3, -0.25) is 0 Å². The molecular weight excluding hydrogens is 361 g/mol. The monoisotopic (exact) mass is 389 g/mol. The molecule has 2 fully saturated rings. The standard InChI is InChI=1S/C17H26FN3O4S/c18-16-3-1-2-4-17(16)26(23,24)21-7-5-19(6-8-21)13-15(22)14-20-9-11-25-12-10-20/h1-4,15,22H,5-14H2/p+2/t15-/m0/s1. The van der Waals surface area contributed by atoms with Gasteiger partial charge < -0.3 is 19.6 Å². The average molecular weight is 389 g/mol. The number of halogens is 1. The molecule has 0 aromatic heterocycles. The Bertz CT molecular complexity index is 689. The number of quaternary nitrogens is 2. The second kappa shape index (κ2) is 8.73. The number of morpholine rings is 1. The highest BCUT2D eigenvalue weighted by atomic mass is 32.2. The maximum Gasteiger partial charge on any atom is 0.246 e. The number of rotatable bonds is 6. The van der Waals surface area contributed by atoms with Crippen LogP contribution in [0.5, 0.6) is 0 Å². The molecule has 1 aromatic rings. The Morgan fingerprint density at radius 1 is 1.08 bits per heavy atom. The van der Waals surface area contributed by atoms with Gasteiger partial charge in [0.05, 0.1) is 39.4 Å². The fourth-order valence-corrected chi connectivity index (χ4v) is 5.15. The molecule has 2 aliphatic heterocycles. The molecular formula is C17H28FN3O4S+2. The first kappa shape index (κ1) is 19.7. The van der Waals surface area contributed by atoms with Crippen LogP contribution < -0.4 is 9.80 Å². The predicted molar refractivity (Wildman–Crippen MR) is 93.1 cm³/mol. The van der Waals surface area contributed by atoms with E-state index < -0.39 is 21.9 Å². The van der Waals surface area contributed by atoms with Gasteiger partial charge in [0.25, 0.3) is 0 Å². The zero-order valence-corrected chi connectivity index (χ0v) is 15.7. The predicted octanol–water partition coefficient (Wildman–Crippen LogP) is -3.01. The van der Waals surface area contributed by atoms with E-state index in [0.717, 1.165) is 26.3 Å². The molecule has 0 saturated carbocycles. The molecule has 0 unspecified atom stereocenters. The van der Waals surface area contributed by atoms with Crippen molar-refractivity contribution in [2.45, 2.75) is 11.0 Å². The molecule has 9 heteroatoms. The molecule has 146 valence electrons. The zero-order valence-electron chi connectivity index (χ0n) is 14.9. The van der Waals surface area contributed by atoms with Crippen molar-refractivity contribution in [3.63, 3.8) is 0 Å². The molecule has 1 aromatic carbocycles. The molecule has 7 nitrogen and oxygen atoms in total. The van der Waals surface area contributed by atoms with Gasteiger partial charge in [-0.25, -0.2) is 12.8 Å². The topological polar surface area (TPSA) is 75.7 Å². The first-order valence-corrected chi connectivity index (χ1v) is 10.6. The molecule has 3 N–H and O–H groups in total. The molecule has 26 heavy (non-hydrogen) atoms. The van der Waals surface area contributed by atoms with Crippen LogP contribution in [0.25, 0.3) is 0 Å². The number of nitrogens with zero attached hydrogens (tertiary/aromatic N) is 1. The number of nitrogens with one attached hydrogen (secondary N) is 2. The highest BCUT2D eigenvalue weighted by Crippen LogP contribution is 2.18. The van der Waals surface area contributed by atoms with Gasteiger partial charge in [-0.05, 0) is 12.1 Å². The molecule has 0 aliphatic carbocycles. The van der Waals surface area contributed by atoms with Crippen LogP contribution in [0.4, 0.5) is 4.39 Å². The van der Waals surface area contributed by atoms with Crippen molar-refractivity contribution in [3.8, 4) is 0 Å². The number of benzene rings is 1. The summed E-state index contributed by atoms with van der Waals surface area (Å²) in [7, 11) is -3.80. The van der Waals surface area contributed by atoms with Crippen LogP contribution in [0.2, 0.25) is 0 Å². The van der Waals surface area contributed by atoms with Crippen molar-refractivity contribution < 1.29 is 32.5 Å². The zero-order chi connectivity index (χ0) is 18.6. The van der Waals surface area contributed by atoms with E-state index in [1.54, 1.807) is 0 Å². The summed E-state index contributed by atoms with van der Waals surface area (Å²) in [4.78, 5) is 2.27.